The standard InChI is InChI=1S/C14H10.C11H12.C11H14.4CH4/c1-10-11-6-2-4-8-13(11)14-9-5-3-7-12(10)14;1-9-6-7-10-4-2-3-5-11(10)8-9;1-5-11-9(3)6-8(2)7-10(11)4;;;;/h2-9H,1H2;2-5H,1,6-8H2;5-7H,1H2,2-4H3;4*1H4. The van der Waals surface area contributed by atoms with E-state index in [1.807, 2.05) is 6.08 Å². The molecule has 2 aliphatic rings. The molecule has 4 aromatic carbocycles. The number of benzene rings is 4. The summed E-state index contributed by atoms with van der Waals surface area (Å²) < 4.78 is 0. The first-order chi connectivity index (χ1) is 17.4. The van der Waals surface area contributed by atoms with Gasteiger partial charge >= 0.3 is 0 Å². The molecular weight excluding hydrogens is 480 g/mol. The average Bonchev–Trinajstić information content (AvgIpc) is 3.17. The van der Waals surface area contributed by atoms with Crippen LogP contribution in [0.25, 0.3) is 22.8 Å². The van der Waals surface area contributed by atoms with Crippen LogP contribution in [0.1, 0.15) is 80.6 Å². The monoisotopic (exact) mass is 532 g/mol. The highest BCUT2D eigenvalue weighted by molar-refractivity contribution is 6.00. The van der Waals surface area contributed by atoms with Crippen LogP contribution in [0.2, 0.25) is 0 Å². The summed E-state index contributed by atoms with van der Waals surface area (Å²) in [5, 5.41) is 0. The average molecular weight is 533 g/mol. The van der Waals surface area contributed by atoms with E-state index >= 15 is 0 Å². The molecule has 0 amide bonds. The molecule has 0 fully saturated rings. The van der Waals surface area contributed by atoms with Crippen molar-refractivity contribution in [2.75, 3.05) is 0 Å². The normalized spacial score (nSPS) is 11.5. The van der Waals surface area contributed by atoms with E-state index in [0.717, 1.165) is 12.0 Å². The van der Waals surface area contributed by atoms with Crippen LogP contribution in [0, 0.1) is 20.8 Å². The molecule has 0 spiro atoms. The molecule has 0 heteroatoms. The van der Waals surface area contributed by atoms with Gasteiger partial charge in [-0.3, -0.25) is 0 Å². The summed E-state index contributed by atoms with van der Waals surface area (Å²) in [6.07, 6.45) is 5.38. The zero-order chi connectivity index (χ0) is 25.7. The third kappa shape index (κ3) is 8.06. The minimum atomic E-state index is 0. The molecule has 40 heavy (non-hydrogen) atoms. The minimum Gasteiger partial charge on any atom is -0.0995 e. The van der Waals surface area contributed by atoms with Crippen LogP contribution >= 0.6 is 0 Å². The maximum atomic E-state index is 4.14. The van der Waals surface area contributed by atoms with E-state index in [4.69, 9.17) is 0 Å². The first kappa shape index (κ1) is 36.1. The van der Waals surface area contributed by atoms with Crippen LogP contribution in [0.4, 0.5) is 0 Å². The summed E-state index contributed by atoms with van der Waals surface area (Å²) in [5.74, 6) is 0. The van der Waals surface area contributed by atoms with Gasteiger partial charge in [0.25, 0.3) is 0 Å². The van der Waals surface area contributed by atoms with Gasteiger partial charge in [-0.25, -0.2) is 0 Å². The summed E-state index contributed by atoms with van der Waals surface area (Å²) in [5.41, 5.74) is 15.9. The maximum absolute atomic E-state index is 4.14. The minimum absolute atomic E-state index is 0. The lowest BCUT2D eigenvalue weighted by Crippen LogP contribution is -2.03. The predicted molar refractivity (Wildman–Crippen MR) is 185 cm³/mol. The van der Waals surface area contributed by atoms with Crippen LogP contribution < -0.4 is 0 Å². The quantitative estimate of drug-likeness (QED) is 0.188. The summed E-state index contributed by atoms with van der Waals surface area (Å²) in [4.78, 5) is 0. The molecule has 0 atom stereocenters. The van der Waals surface area contributed by atoms with Crippen molar-refractivity contribution < 1.29 is 0 Å². The highest BCUT2D eigenvalue weighted by atomic mass is 14.2. The van der Waals surface area contributed by atoms with E-state index in [1.165, 1.54) is 74.0 Å². The fourth-order valence-corrected chi connectivity index (χ4v) is 5.26. The molecule has 0 N–H and O–H groups in total. The molecule has 0 aromatic heterocycles. The Hall–Kier alpha value is -3.90. The summed E-state index contributed by atoms with van der Waals surface area (Å²) in [6, 6.07) is 29.9. The van der Waals surface area contributed by atoms with Gasteiger partial charge in [-0.1, -0.05) is 152 Å². The number of rotatable bonds is 1. The molecule has 212 valence electrons. The van der Waals surface area contributed by atoms with Crippen LogP contribution in [0.3, 0.4) is 0 Å². The topological polar surface area (TPSA) is 0 Å². The zero-order valence-electron chi connectivity index (χ0n) is 21.9. The summed E-state index contributed by atoms with van der Waals surface area (Å²) in [6.45, 7) is 18.3. The van der Waals surface area contributed by atoms with Crippen molar-refractivity contribution in [2.24, 2.45) is 0 Å². The van der Waals surface area contributed by atoms with Gasteiger partial charge in [0.15, 0.2) is 0 Å². The van der Waals surface area contributed by atoms with Crippen LogP contribution in [-0.4, -0.2) is 0 Å². The third-order valence-corrected chi connectivity index (χ3v) is 7.04. The second-order valence-electron chi connectivity index (χ2n) is 9.78. The van der Waals surface area contributed by atoms with Gasteiger partial charge in [0.2, 0.25) is 0 Å². The molecule has 0 aliphatic heterocycles. The fraction of sp³-hybridized carbons (Fsp3) is 0.250. The Labute approximate surface area is 246 Å². The molecule has 4 aromatic rings. The number of allylic oxidation sites excluding steroid dienone is 1. The molecule has 0 saturated carbocycles. The van der Waals surface area contributed by atoms with Crippen molar-refractivity contribution in [3.8, 4) is 11.1 Å². The van der Waals surface area contributed by atoms with Gasteiger partial charge in [0.05, 0.1) is 0 Å². The lowest BCUT2D eigenvalue weighted by atomic mass is 9.89. The Bertz CT molecular complexity index is 1360. The lowest BCUT2D eigenvalue weighted by Gasteiger charge is -2.16. The SMILES string of the molecule is C.C.C.C.C=C1CCc2ccccc2C1.C=C1c2ccccc2-c2ccccc21.C=Cc1c(C)cc(C)cc1C. The van der Waals surface area contributed by atoms with E-state index in [2.05, 4.69) is 125 Å². The summed E-state index contributed by atoms with van der Waals surface area (Å²) in [7, 11) is 0. The van der Waals surface area contributed by atoms with Crippen LogP contribution in [-0.2, 0) is 12.8 Å². The van der Waals surface area contributed by atoms with Crippen molar-refractivity contribution in [3.63, 3.8) is 0 Å². The van der Waals surface area contributed by atoms with Crippen molar-refractivity contribution in [2.45, 2.75) is 69.7 Å². The molecule has 6 rings (SSSR count). The van der Waals surface area contributed by atoms with E-state index < -0.39 is 0 Å². The lowest BCUT2D eigenvalue weighted by molar-refractivity contribution is 0.841. The Morgan fingerprint density at radius 3 is 1.48 bits per heavy atom. The molecule has 0 nitrogen and oxygen atoms in total. The van der Waals surface area contributed by atoms with E-state index in [1.54, 1.807) is 0 Å². The Morgan fingerprint density at radius 1 is 0.575 bits per heavy atom. The molecule has 2 aliphatic carbocycles. The van der Waals surface area contributed by atoms with Crippen molar-refractivity contribution >= 4 is 11.6 Å². The van der Waals surface area contributed by atoms with Crippen LogP contribution in [0.5, 0.6) is 0 Å². The number of hydrogen-bond donors (Lipinski definition) is 0. The van der Waals surface area contributed by atoms with E-state index in [-0.39, 0.29) is 29.7 Å². The Morgan fingerprint density at radius 2 is 1.00 bits per heavy atom. The molecule has 0 radical (unpaired) electrons. The number of hydrogen-bond acceptors (Lipinski definition) is 0. The van der Waals surface area contributed by atoms with Gasteiger partial charge in [0, 0.05) is 0 Å². The first-order valence-electron chi connectivity index (χ1n) is 12.7. The van der Waals surface area contributed by atoms with Gasteiger partial charge in [-0.05, 0) is 95.7 Å². The largest absolute Gasteiger partial charge is 0.0995 e. The number of aryl methyl sites for hydroxylation is 4. The molecule has 0 unspecified atom stereocenters. The van der Waals surface area contributed by atoms with E-state index in [9.17, 15) is 0 Å². The Balaban J connectivity index is 0.000000549. The van der Waals surface area contributed by atoms with Gasteiger partial charge in [0.1, 0.15) is 0 Å². The smallest absolute Gasteiger partial charge is 0.00670 e. The summed E-state index contributed by atoms with van der Waals surface area (Å²) >= 11 is 0. The third-order valence-electron chi connectivity index (χ3n) is 7.04. The second kappa shape index (κ2) is 16.3. The van der Waals surface area contributed by atoms with E-state index in [0.29, 0.717) is 0 Å². The highest BCUT2D eigenvalue weighted by Gasteiger charge is 2.20. The van der Waals surface area contributed by atoms with Gasteiger partial charge in [-0.15, -0.1) is 0 Å². The predicted octanol–water partition coefficient (Wildman–Crippen LogP) is 12.3. The maximum Gasteiger partial charge on any atom is -0.00670 e. The zero-order valence-corrected chi connectivity index (χ0v) is 21.9. The second-order valence-corrected chi connectivity index (χ2v) is 9.78. The number of fused-ring (bicyclic) bond motifs is 4. The van der Waals surface area contributed by atoms with Crippen molar-refractivity contribution in [1.82, 2.24) is 0 Å². The fourth-order valence-electron chi connectivity index (χ4n) is 5.26. The molecular formula is C40H52. The van der Waals surface area contributed by atoms with Gasteiger partial charge < -0.3 is 0 Å². The highest BCUT2D eigenvalue weighted by Crippen LogP contribution is 2.42. The van der Waals surface area contributed by atoms with Crippen LogP contribution in [0.15, 0.2) is 110 Å². The molecule has 0 bridgehead atoms. The Kier molecular flexibility index (Phi) is 14.7. The first-order valence-corrected chi connectivity index (χ1v) is 12.7. The van der Waals surface area contributed by atoms with Crippen molar-refractivity contribution in [1.29, 1.82) is 0 Å². The van der Waals surface area contributed by atoms with Crippen molar-refractivity contribution in [3.05, 3.63) is 155 Å². The molecule has 0 saturated heterocycles. The van der Waals surface area contributed by atoms with Gasteiger partial charge in [-0.2, -0.15) is 0 Å². The molecule has 0 heterocycles.